The molecular formula is C20H29FN4O. The Bertz CT molecular complexity index is 592. The number of para-hydroxylation sites is 1. The van der Waals surface area contributed by atoms with Crippen LogP contribution >= 0.6 is 0 Å². The van der Waals surface area contributed by atoms with Crippen LogP contribution in [0, 0.1) is 17.2 Å². The quantitative estimate of drug-likeness (QED) is 0.805. The highest BCUT2D eigenvalue weighted by molar-refractivity contribution is 5.42. The molecule has 2 heterocycles. The summed E-state index contributed by atoms with van der Waals surface area (Å²) in [5.74, 6) is 0.874. The van der Waals surface area contributed by atoms with Gasteiger partial charge in [-0.25, -0.2) is 4.39 Å². The molecule has 0 amide bonds. The van der Waals surface area contributed by atoms with Crippen LogP contribution in [0.2, 0.25) is 0 Å². The van der Waals surface area contributed by atoms with Crippen LogP contribution < -0.4 is 10.1 Å². The molecule has 2 aliphatic heterocycles. The van der Waals surface area contributed by atoms with Crippen molar-refractivity contribution in [3.05, 3.63) is 29.8 Å². The molecule has 6 heteroatoms. The number of rotatable bonds is 7. The Morgan fingerprint density at radius 1 is 1.15 bits per heavy atom. The summed E-state index contributed by atoms with van der Waals surface area (Å²) in [5.41, 5.74) is 0.573. The van der Waals surface area contributed by atoms with Crippen LogP contribution in [0.15, 0.2) is 24.3 Å². The van der Waals surface area contributed by atoms with Crippen LogP contribution in [0.5, 0.6) is 5.75 Å². The number of piperazine rings is 1. The second kappa shape index (κ2) is 9.86. The van der Waals surface area contributed by atoms with Gasteiger partial charge in [0, 0.05) is 39.3 Å². The van der Waals surface area contributed by atoms with Gasteiger partial charge in [-0.15, -0.1) is 0 Å². The molecule has 0 aromatic heterocycles. The fraction of sp³-hybridized carbons (Fsp3) is 0.650. The van der Waals surface area contributed by atoms with Crippen molar-refractivity contribution in [3.8, 4) is 11.8 Å². The lowest BCUT2D eigenvalue weighted by molar-refractivity contribution is 0.0746. The number of piperidine rings is 1. The third-order valence-corrected chi connectivity index (χ3v) is 5.47. The number of halogens is 1. The van der Waals surface area contributed by atoms with Gasteiger partial charge in [0.25, 0.3) is 0 Å². The average Bonchev–Trinajstić information content (AvgIpc) is 2.70. The molecular weight excluding hydrogens is 331 g/mol. The smallest absolute Gasteiger partial charge is 0.137 e. The van der Waals surface area contributed by atoms with Gasteiger partial charge in [0.2, 0.25) is 0 Å². The Kier molecular flexibility index (Phi) is 7.24. The van der Waals surface area contributed by atoms with Crippen LogP contribution in [0.3, 0.4) is 0 Å². The Morgan fingerprint density at radius 3 is 2.58 bits per heavy atom. The van der Waals surface area contributed by atoms with Crippen molar-refractivity contribution in [1.29, 1.82) is 5.26 Å². The maximum absolute atomic E-state index is 14.5. The second-order valence-electron chi connectivity index (χ2n) is 7.20. The monoisotopic (exact) mass is 360 g/mol. The van der Waals surface area contributed by atoms with E-state index in [0.29, 0.717) is 24.5 Å². The number of ether oxygens (including phenoxy) is 1. The first-order chi connectivity index (χ1) is 12.8. The number of hydrogen-bond donors (Lipinski definition) is 1. The SMILES string of the molecule is N#Cc1ccccc1OCCN1CCN(CC(F)C2CCNCC2)CC1. The summed E-state index contributed by atoms with van der Waals surface area (Å²) >= 11 is 0. The van der Waals surface area contributed by atoms with Crippen molar-refractivity contribution in [3.63, 3.8) is 0 Å². The van der Waals surface area contributed by atoms with Crippen LogP contribution in [0.4, 0.5) is 4.39 Å². The summed E-state index contributed by atoms with van der Waals surface area (Å²) in [6.45, 7) is 7.61. The maximum Gasteiger partial charge on any atom is 0.137 e. The molecule has 1 atom stereocenters. The van der Waals surface area contributed by atoms with Gasteiger partial charge in [0.05, 0.1) is 5.56 Å². The van der Waals surface area contributed by atoms with Crippen molar-refractivity contribution in [2.75, 3.05) is 59.0 Å². The Labute approximate surface area is 155 Å². The van der Waals surface area contributed by atoms with Gasteiger partial charge in [-0.05, 0) is 44.0 Å². The molecule has 2 fully saturated rings. The first kappa shape index (κ1) is 19.1. The molecule has 1 unspecified atom stereocenters. The number of hydrogen-bond acceptors (Lipinski definition) is 5. The third-order valence-electron chi connectivity index (χ3n) is 5.47. The molecule has 3 rings (SSSR count). The highest BCUT2D eigenvalue weighted by Crippen LogP contribution is 2.20. The number of nitrogens with one attached hydrogen (secondary N) is 1. The van der Waals surface area contributed by atoms with E-state index in [0.717, 1.165) is 58.7 Å². The Hall–Kier alpha value is -1.68. The summed E-state index contributed by atoms with van der Waals surface area (Å²) in [6, 6.07) is 9.47. The van der Waals surface area contributed by atoms with E-state index in [1.807, 2.05) is 18.2 Å². The van der Waals surface area contributed by atoms with Crippen LogP contribution in [-0.4, -0.2) is 74.9 Å². The number of benzene rings is 1. The van der Waals surface area contributed by atoms with Gasteiger partial charge in [0.1, 0.15) is 24.6 Å². The largest absolute Gasteiger partial charge is 0.491 e. The molecule has 0 saturated carbocycles. The van der Waals surface area contributed by atoms with Gasteiger partial charge in [-0.3, -0.25) is 9.80 Å². The van der Waals surface area contributed by atoms with E-state index in [1.54, 1.807) is 6.07 Å². The molecule has 5 nitrogen and oxygen atoms in total. The summed E-state index contributed by atoms with van der Waals surface area (Å²) in [5, 5.41) is 12.4. The normalized spacial score (nSPS) is 21.2. The zero-order valence-corrected chi connectivity index (χ0v) is 15.4. The minimum atomic E-state index is -0.700. The zero-order valence-electron chi connectivity index (χ0n) is 15.4. The molecule has 0 aliphatic carbocycles. The van der Waals surface area contributed by atoms with E-state index >= 15 is 0 Å². The van der Waals surface area contributed by atoms with Crippen molar-refractivity contribution in [2.45, 2.75) is 19.0 Å². The minimum absolute atomic E-state index is 0.225. The first-order valence-electron chi connectivity index (χ1n) is 9.67. The van der Waals surface area contributed by atoms with E-state index < -0.39 is 6.17 Å². The van der Waals surface area contributed by atoms with Gasteiger partial charge >= 0.3 is 0 Å². The molecule has 26 heavy (non-hydrogen) atoms. The fourth-order valence-electron chi connectivity index (χ4n) is 3.77. The number of nitriles is 1. The standard InChI is InChI=1S/C20H29FN4O/c21-19(17-5-7-23-8-6-17)16-25-11-9-24(10-12-25)13-14-26-20-4-2-1-3-18(20)15-22/h1-4,17,19,23H,5-14,16H2. The summed E-state index contributed by atoms with van der Waals surface area (Å²) in [6.07, 6.45) is 1.22. The van der Waals surface area contributed by atoms with Crippen molar-refractivity contribution in [2.24, 2.45) is 5.92 Å². The van der Waals surface area contributed by atoms with Crippen LogP contribution in [-0.2, 0) is 0 Å². The molecule has 0 radical (unpaired) electrons. The van der Waals surface area contributed by atoms with Crippen molar-refractivity contribution in [1.82, 2.24) is 15.1 Å². The molecule has 2 saturated heterocycles. The van der Waals surface area contributed by atoms with E-state index in [4.69, 9.17) is 10.00 Å². The lowest BCUT2D eigenvalue weighted by Crippen LogP contribution is -2.50. The highest BCUT2D eigenvalue weighted by atomic mass is 19.1. The fourth-order valence-corrected chi connectivity index (χ4v) is 3.77. The zero-order chi connectivity index (χ0) is 18.2. The highest BCUT2D eigenvalue weighted by Gasteiger charge is 2.26. The molecule has 1 aromatic carbocycles. The molecule has 1 N–H and O–H groups in total. The van der Waals surface area contributed by atoms with Crippen LogP contribution in [0.1, 0.15) is 18.4 Å². The number of alkyl halides is 1. The predicted molar refractivity (Wildman–Crippen MR) is 100 cm³/mol. The maximum atomic E-state index is 14.5. The summed E-state index contributed by atoms with van der Waals surface area (Å²) in [4.78, 5) is 4.61. The predicted octanol–water partition coefficient (Wildman–Crippen LogP) is 1.89. The van der Waals surface area contributed by atoms with Crippen molar-refractivity contribution < 1.29 is 9.13 Å². The molecule has 142 valence electrons. The number of nitrogens with zero attached hydrogens (tertiary/aromatic N) is 3. The van der Waals surface area contributed by atoms with E-state index in [1.165, 1.54) is 0 Å². The Morgan fingerprint density at radius 2 is 1.85 bits per heavy atom. The summed E-state index contributed by atoms with van der Waals surface area (Å²) in [7, 11) is 0. The molecule has 1 aromatic rings. The average molecular weight is 360 g/mol. The third kappa shape index (κ3) is 5.41. The molecule has 0 spiro atoms. The van der Waals surface area contributed by atoms with Crippen molar-refractivity contribution >= 4 is 0 Å². The first-order valence-corrected chi connectivity index (χ1v) is 9.67. The van der Waals surface area contributed by atoms with Crippen LogP contribution in [0.25, 0.3) is 0 Å². The van der Waals surface area contributed by atoms with E-state index in [-0.39, 0.29) is 5.92 Å². The van der Waals surface area contributed by atoms with Gasteiger partial charge in [-0.1, -0.05) is 12.1 Å². The lowest BCUT2D eigenvalue weighted by atomic mass is 9.93. The van der Waals surface area contributed by atoms with Gasteiger partial charge in [0.15, 0.2) is 0 Å². The lowest BCUT2D eigenvalue weighted by Gasteiger charge is -2.36. The van der Waals surface area contributed by atoms with Gasteiger partial charge < -0.3 is 10.1 Å². The summed E-state index contributed by atoms with van der Waals surface area (Å²) < 4.78 is 20.3. The van der Waals surface area contributed by atoms with Gasteiger partial charge in [-0.2, -0.15) is 5.26 Å². The topological polar surface area (TPSA) is 51.5 Å². The molecule has 0 bridgehead atoms. The molecule has 2 aliphatic rings. The Balaban J connectivity index is 1.34. The minimum Gasteiger partial charge on any atom is -0.491 e. The van der Waals surface area contributed by atoms with E-state index in [2.05, 4.69) is 21.2 Å². The second-order valence-corrected chi connectivity index (χ2v) is 7.20. The van der Waals surface area contributed by atoms with E-state index in [9.17, 15) is 4.39 Å².